The number of alkyl carbamates (subject to hydrolysis) is 1. The van der Waals surface area contributed by atoms with Crippen LogP contribution in [0.1, 0.15) is 89.7 Å². The van der Waals surface area contributed by atoms with E-state index in [0.717, 1.165) is 25.9 Å². The molecule has 5 heteroatoms. The normalized spacial score (nSPS) is 29.5. The Morgan fingerprint density at radius 3 is 2.22 bits per heavy atom. The minimum atomic E-state index is -0.415. The number of methoxy groups -OCH3 is 1. The van der Waals surface area contributed by atoms with Crippen LogP contribution >= 0.6 is 0 Å². The van der Waals surface area contributed by atoms with Gasteiger partial charge in [0.1, 0.15) is 0 Å². The lowest BCUT2D eigenvalue weighted by molar-refractivity contribution is -0.143. The Hall–Kier alpha value is -2.04. The van der Waals surface area contributed by atoms with Crippen molar-refractivity contribution in [2.45, 2.75) is 89.5 Å². The molecule has 1 aromatic carbocycles. The molecule has 1 spiro atoms. The number of benzene rings is 1. The number of piperidine rings is 1. The highest BCUT2D eigenvalue weighted by Crippen LogP contribution is 2.52. The molecule has 1 unspecified atom stereocenters. The number of hydrogen-bond acceptors (Lipinski definition) is 3. The maximum atomic E-state index is 13.0. The van der Waals surface area contributed by atoms with Crippen molar-refractivity contribution < 1.29 is 14.3 Å². The Morgan fingerprint density at radius 1 is 1.03 bits per heavy atom. The van der Waals surface area contributed by atoms with Gasteiger partial charge < -0.3 is 15.0 Å². The summed E-state index contributed by atoms with van der Waals surface area (Å²) in [6, 6.07) is 9.31. The molecule has 0 radical (unpaired) electrons. The molecule has 4 rings (SSSR count). The monoisotopic (exact) mass is 440 g/mol. The molecule has 5 nitrogen and oxygen atoms in total. The van der Waals surface area contributed by atoms with E-state index >= 15 is 0 Å². The molecular weight excluding hydrogens is 400 g/mol. The van der Waals surface area contributed by atoms with Crippen LogP contribution in [0.3, 0.4) is 0 Å². The number of nitrogens with zero attached hydrogens (tertiary/aromatic N) is 1. The smallest absolute Gasteiger partial charge is 0.407 e. The Bertz CT molecular complexity index is 841. The Labute approximate surface area is 193 Å². The molecule has 2 aliphatic carbocycles. The van der Waals surface area contributed by atoms with Crippen molar-refractivity contribution in [1.29, 1.82) is 0 Å². The van der Waals surface area contributed by atoms with Gasteiger partial charge in [0.2, 0.25) is 5.91 Å². The number of carbonyl (C=O) groups excluding carboxylic acids is 2. The molecule has 1 saturated heterocycles. The highest BCUT2D eigenvalue weighted by atomic mass is 16.5. The lowest BCUT2D eigenvalue weighted by atomic mass is 9.68. The molecule has 1 heterocycles. The van der Waals surface area contributed by atoms with E-state index in [-0.39, 0.29) is 22.8 Å². The summed E-state index contributed by atoms with van der Waals surface area (Å²) in [4.78, 5) is 26.6. The van der Waals surface area contributed by atoms with E-state index in [0.29, 0.717) is 24.2 Å². The number of likely N-dealkylation sites (tertiary alicyclic amines) is 1. The number of hydrogen-bond donors (Lipinski definition) is 1. The van der Waals surface area contributed by atoms with Gasteiger partial charge in [-0.2, -0.15) is 0 Å². The minimum absolute atomic E-state index is 0.0314. The van der Waals surface area contributed by atoms with Crippen LogP contribution in [-0.2, 0) is 14.9 Å². The average molecular weight is 441 g/mol. The lowest BCUT2D eigenvalue weighted by Crippen LogP contribution is -2.59. The van der Waals surface area contributed by atoms with Crippen LogP contribution in [0.2, 0.25) is 0 Å². The van der Waals surface area contributed by atoms with Crippen LogP contribution in [-0.4, -0.2) is 42.6 Å². The standard InChI is InChI=1S/C27H40N2O3/c1-25(2,3)22-8-6-19(7-9-22)20-10-11-27(18-20)12-14-29(15-13-27)23(30)21-16-26(4,17-21)28-24(31)32-5/h6-9,20-21H,10-18H2,1-5H3,(H,28,31). The number of rotatable bonds is 3. The van der Waals surface area contributed by atoms with Crippen LogP contribution in [0.4, 0.5) is 4.79 Å². The summed E-state index contributed by atoms with van der Waals surface area (Å²) in [6.07, 6.45) is 7.05. The van der Waals surface area contributed by atoms with Gasteiger partial charge in [0.25, 0.3) is 0 Å². The van der Waals surface area contributed by atoms with Crippen LogP contribution in [0, 0.1) is 11.3 Å². The van der Waals surface area contributed by atoms with Crippen LogP contribution in [0.5, 0.6) is 0 Å². The first-order valence-electron chi connectivity index (χ1n) is 12.3. The zero-order valence-corrected chi connectivity index (χ0v) is 20.5. The molecule has 176 valence electrons. The molecule has 1 aromatic rings. The second kappa shape index (κ2) is 8.39. The van der Waals surface area contributed by atoms with Gasteiger partial charge in [-0.15, -0.1) is 0 Å². The van der Waals surface area contributed by atoms with Crippen molar-refractivity contribution in [3.63, 3.8) is 0 Å². The van der Waals surface area contributed by atoms with Crippen LogP contribution < -0.4 is 5.32 Å². The summed E-state index contributed by atoms with van der Waals surface area (Å²) in [6.45, 7) is 10.5. The van der Waals surface area contributed by atoms with Crippen molar-refractivity contribution in [2.24, 2.45) is 11.3 Å². The molecule has 1 N–H and O–H groups in total. The predicted octanol–water partition coefficient (Wildman–Crippen LogP) is 5.39. The highest BCUT2D eigenvalue weighted by Gasteiger charge is 2.48. The van der Waals surface area contributed by atoms with Gasteiger partial charge in [-0.25, -0.2) is 4.79 Å². The number of carbonyl (C=O) groups is 2. The van der Waals surface area contributed by atoms with Gasteiger partial charge in [0, 0.05) is 24.5 Å². The van der Waals surface area contributed by atoms with E-state index in [1.54, 1.807) is 0 Å². The van der Waals surface area contributed by atoms with E-state index in [4.69, 9.17) is 4.74 Å². The zero-order chi connectivity index (χ0) is 23.1. The second-order valence-electron chi connectivity index (χ2n) is 11.9. The first-order chi connectivity index (χ1) is 15.0. The third-order valence-corrected chi connectivity index (χ3v) is 8.42. The number of amides is 2. The van der Waals surface area contributed by atoms with E-state index < -0.39 is 6.09 Å². The first-order valence-corrected chi connectivity index (χ1v) is 12.3. The summed E-state index contributed by atoms with van der Waals surface area (Å²) < 4.78 is 4.70. The van der Waals surface area contributed by atoms with Gasteiger partial charge in [-0.05, 0) is 79.7 Å². The summed E-state index contributed by atoms with van der Waals surface area (Å²) in [5.74, 6) is 0.961. The van der Waals surface area contributed by atoms with E-state index in [9.17, 15) is 9.59 Å². The van der Waals surface area contributed by atoms with E-state index in [1.165, 1.54) is 37.5 Å². The van der Waals surface area contributed by atoms with Crippen molar-refractivity contribution >= 4 is 12.0 Å². The van der Waals surface area contributed by atoms with Crippen molar-refractivity contribution in [3.05, 3.63) is 35.4 Å². The summed E-state index contributed by atoms with van der Waals surface area (Å²) >= 11 is 0. The maximum Gasteiger partial charge on any atom is 0.407 e. The van der Waals surface area contributed by atoms with Gasteiger partial charge in [-0.3, -0.25) is 4.79 Å². The molecule has 0 bridgehead atoms. The van der Waals surface area contributed by atoms with Gasteiger partial charge in [0.15, 0.2) is 0 Å². The highest BCUT2D eigenvalue weighted by molar-refractivity contribution is 5.81. The topological polar surface area (TPSA) is 58.6 Å². The minimum Gasteiger partial charge on any atom is -0.453 e. The maximum absolute atomic E-state index is 13.0. The largest absolute Gasteiger partial charge is 0.453 e. The quantitative estimate of drug-likeness (QED) is 0.686. The Balaban J connectivity index is 1.28. The van der Waals surface area contributed by atoms with E-state index in [2.05, 4.69) is 55.3 Å². The molecule has 0 aromatic heterocycles. The first kappa shape index (κ1) is 23.1. The fourth-order valence-electron chi connectivity index (χ4n) is 6.26. The molecule has 3 aliphatic rings. The fraction of sp³-hybridized carbons (Fsp3) is 0.704. The summed E-state index contributed by atoms with van der Waals surface area (Å²) in [5, 5.41) is 2.87. The van der Waals surface area contributed by atoms with Gasteiger partial charge in [0.05, 0.1) is 7.11 Å². The molecule has 32 heavy (non-hydrogen) atoms. The molecule has 1 aliphatic heterocycles. The van der Waals surface area contributed by atoms with Crippen molar-refractivity contribution in [1.82, 2.24) is 10.2 Å². The molecule has 1 atom stereocenters. The molecular formula is C27H40N2O3. The third kappa shape index (κ3) is 4.67. The van der Waals surface area contributed by atoms with Gasteiger partial charge in [-0.1, -0.05) is 45.0 Å². The lowest BCUT2D eigenvalue weighted by Gasteiger charge is -2.47. The van der Waals surface area contributed by atoms with Crippen molar-refractivity contribution in [2.75, 3.05) is 20.2 Å². The second-order valence-corrected chi connectivity index (χ2v) is 11.9. The molecule has 3 fully saturated rings. The molecule has 2 amide bonds. The zero-order valence-electron chi connectivity index (χ0n) is 20.5. The summed E-state index contributed by atoms with van der Waals surface area (Å²) in [5.41, 5.74) is 3.17. The fourth-order valence-corrected chi connectivity index (χ4v) is 6.26. The van der Waals surface area contributed by atoms with Crippen LogP contribution in [0.25, 0.3) is 0 Å². The summed E-state index contributed by atoms with van der Waals surface area (Å²) in [7, 11) is 1.37. The Kier molecular flexibility index (Phi) is 6.06. The number of ether oxygens (including phenoxy) is 1. The third-order valence-electron chi connectivity index (χ3n) is 8.42. The van der Waals surface area contributed by atoms with Crippen LogP contribution in [0.15, 0.2) is 24.3 Å². The molecule has 2 saturated carbocycles. The van der Waals surface area contributed by atoms with Crippen molar-refractivity contribution in [3.8, 4) is 0 Å². The SMILES string of the molecule is COC(=O)NC1(C)CC(C(=O)N2CCC3(CCC(c4ccc(C(C)(C)C)cc4)C3)CC2)C1. The predicted molar refractivity (Wildman–Crippen MR) is 127 cm³/mol. The van der Waals surface area contributed by atoms with Gasteiger partial charge >= 0.3 is 6.09 Å². The van der Waals surface area contributed by atoms with E-state index in [1.807, 2.05) is 6.92 Å². The average Bonchev–Trinajstić information content (AvgIpc) is 3.15. The Morgan fingerprint density at radius 2 is 1.66 bits per heavy atom. The number of nitrogens with one attached hydrogen (secondary N) is 1.